The summed E-state index contributed by atoms with van der Waals surface area (Å²) in [6.45, 7) is 22.8. The smallest absolute Gasteiger partial charge is 0.246 e. The van der Waals surface area contributed by atoms with E-state index >= 15 is 0 Å². The molecule has 24 heteroatoms. The number of hydrogen-bond acceptors (Lipinski definition) is 17. The van der Waals surface area contributed by atoms with Gasteiger partial charge in [0, 0.05) is 97.6 Å². The van der Waals surface area contributed by atoms with Crippen molar-refractivity contribution in [2.24, 2.45) is 0 Å². The van der Waals surface area contributed by atoms with Gasteiger partial charge in [0.25, 0.3) is 0 Å². The van der Waals surface area contributed by atoms with Crippen LogP contribution in [0.2, 0.25) is 0 Å². The van der Waals surface area contributed by atoms with Crippen LogP contribution < -0.4 is 37.2 Å². The van der Waals surface area contributed by atoms with Gasteiger partial charge in [-0.2, -0.15) is 0 Å². The predicted molar refractivity (Wildman–Crippen MR) is 312 cm³/mol. The molecule has 480 valence electrons. The molecule has 7 N–H and O–H groups in total. The van der Waals surface area contributed by atoms with Crippen LogP contribution in [-0.2, 0) is 80.9 Å². The highest BCUT2D eigenvalue weighted by Gasteiger charge is 2.34. The quantitative estimate of drug-likeness (QED) is 0.0428. The zero-order valence-corrected chi connectivity index (χ0v) is 51.8. The number of rotatable bonds is 57. The average molecular weight is 1180 g/mol. The van der Waals surface area contributed by atoms with Crippen molar-refractivity contribution >= 4 is 41.4 Å². The normalized spacial score (nSPS) is 11.8. The first-order chi connectivity index (χ1) is 39.2. The SMILES string of the molecule is CC(C)OCCCCC(=O)NCCCNC(=O)CCOCC(COCCC(=O)NCCCNC(=O)CCCCOC(C)C)(COCCC(=O)NCCCNC(=O)CCCCOC(C)(C)C)NC(=O)COCCOCCOCCOC(C)C. The van der Waals surface area contributed by atoms with E-state index in [-0.39, 0.29) is 138 Å². The molecule has 0 spiro atoms. The van der Waals surface area contributed by atoms with Gasteiger partial charge < -0.3 is 84.6 Å². The molecule has 24 nitrogen and oxygen atoms in total. The van der Waals surface area contributed by atoms with Crippen LogP contribution in [0, 0.1) is 0 Å². The predicted octanol–water partition coefficient (Wildman–Crippen LogP) is 3.58. The standard InChI is InChI=1S/C58H111N7O17/c1-47(2)79-31-13-10-19-50(66)59-25-16-28-62-53(69)22-34-76-44-58(65-56(72)43-75-40-39-73-37-38-74-41-42-81-49(5)6,45-77-35-23-54(70)63-29-17-26-60-51(67)20-11-14-32-80-48(3)4)46-78-36-24-55(71)64-30-18-27-61-52(68)21-12-15-33-82-57(7,8)9/h47-49H,10-46H2,1-9H3,(H,59,66)(H,60,67)(H,61,68)(H,62,69)(H,63,70)(H,64,71)(H,65,72). The minimum atomic E-state index is -1.37. The van der Waals surface area contributed by atoms with Gasteiger partial charge in [-0.05, 0) is 120 Å². The molecule has 0 aromatic heterocycles. The number of carbonyl (C=O) groups is 7. The van der Waals surface area contributed by atoms with Crippen LogP contribution in [0.1, 0.15) is 159 Å². The molecule has 0 saturated heterocycles. The van der Waals surface area contributed by atoms with Gasteiger partial charge in [-0.15, -0.1) is 0 Å². The first-order valence-electron chi connectivity index (χ1n) is 30.1. The van der Waals surface area contributed by atoms with Crippen molar-refractivity contribution in [3.8, 4) is 0 Å². The second kappa shape index (κ2) is 52.4. The first-order valence-corrected chi connectivity index (χ1v) is 30.1. The highest BCUT2D eigenvalue weighted by Crippen LogP contribution is 2.12. The third-order valence-corrected chi connectivity index (χ3v) is 11.4. The molecular formula is C58H111N7O17. The second-order valence-electron chi connectivity index (χ2n) is 21.8. The molecule has 0 heterocycles. The summed E-state index contributed by atoms with van der Waals surface area (Å²) in [4.78, 5) is 88.7. The van der Waals surface area contributed by atoms with Crippen molar-refractivity contribution in [3.63, 3.8) is 0 Å². The summed E-state index contributed by atoms with van der Waals surface area (Å²) < 4.78 is 57.0. The van der Waals surface area contributed by atoms with Crippen LogP contribution in [0.25, 0.3) is 0 Å². The van der Waals surface area contributed by atoms with Gasteiger partial charge in [0.1, 0.15) is 12.1 Å². The zero-order valence-electron chi connectivity index (χ0n) is 51.8. The topological polar surface area (TPSA) is 296 Å². The van der Waals surface area contributed by atoms with Gasteiger partial charge in [0.15, 0.2) is 0 Å². The molecule has 0 saturated carbocycles. The van der Waals surface area contributed by atoms with Crippen LogP contribution in [0.5, 0.6) is 0 Å². The minimum Gasteiger partial charge on any atom is -0.379 e. The van der Waals surface area contributed by atoms with Crippen molar-refractivity contribution in [1.29, 1.82) is 0 Å². The van der Waals surface area contributed by atoms with Gasteiger partial charge >= 0.3 is 0 Å². The van der Waals surface area contributed by atoms with Crippen molar-refractivity contribution in [2.75, 3.05) is 145 Å². The van der Waals surface area contributed by atoms with Crippen molar-refractivity contribution in [3.05, 3.63) is 0 Å². The summed E-state index contributed by atoms with van der Waals surface area (Å²) in [5.41, 5.74) is -1.58. The second-order valence-corrected chi connectivity index (χ2v) is 21.8. The van der Waals surface area contributed by atoms with E-state index in [2.05, 4.69) is 37.2 Å². The summed E-state index contributed by atoms with van der Waals surface area (Å²) in [6, 6.07) is 0. The fourth-order valence-corrected chi connectivity index (χ4v) is 7.15. The monoisotopic (exact) mass is 1180 g/mol. The lowest BCUT2D eigenvalue weighted by Gasteiger charge is -2.34. The van der Waals surface area contributed by atoms with Gasteiger partial charge in [0.05, 0.1) is 103 Å². The third kappa shape index (κ3) is 55.1. The number of carbonyl (C=O) groups excluding carboxylic acids is 7. The number of nitrogens with one attached hydrogen (secondary N) is 7. The van der Waals surface area contributed by atoms with E-state index in [0.717, 1.165) is 32.1 Å². The van der Waals surface area contributed by atoms with Crippen LogP contribution in [-0.4, -0.2) is 216 Å². The lowest BCUT2D eigenvalue weighted by Crippen LogP contribution is -2.59. The summed E-state index contributed by atoms with van der Waals surface area (Å²) in [5, 5.41) is 20.1. The molecule has 0 atom stereocenters. The maximum atomic E-state index is 13.6. The van der Waals surface area contributed by atoms with E-state index in [1.807, 2.05) is 62.3 Å². The zero-order chi connectivity index (χ0) is 61.0. The molecule has 0 radical (unpaired) electrons. The number of ether oxygens (including phenoxy) is 10. The molecule has 82 heavy (non-hydrogen) atoms. The molecule has 0 unspecified atom stereocenters. The Balaban J connectivity index is 5.56. The lowest BCUT2D eigenvalue weighted by molar-refractivity contribution is -0.134. The largest absolute Gasteiger partial charge is 0.379 e. The van der Waals surface area contributed by atoms with E-state index in [4.69, 9.17) is 47.4 Å². The maximum absolute atomic E-state index is 13.6. The molecule has 0 bridgehead atoms. The molecule has 0 aliphatic rings. The lowest BCUT2D eigenvalue weighted by atomic mass is 10.0. The summed E-state index contributed by atoms with van der Waals surface area (Å²) in [6.07, 6.45) is 7.76. The highest BCUT2D eigenvalue weighted by molar-refractivity contribution is 5.79. The molecule has 0 rings (SSSR count). The number of unbranched alkanes of at least 4 members (excludes halogenated alkanes) is 3. The van der Waals surface area contributed by atoms with E-state index < -0.39 is 11.4 Å². The fourth-order valence-electron chi connectivity index (χ4n) is 7.15. The fraction of sp³-hybridized carbons (Fsp3) is 0.879. The Labute approximate surface area is 491 Å². The Kier molecular flexibility index (Phi) is 49.8. The van der Waals surface area contributed by atoms with Gasteiger partial charge in [0.2, 0.25) is 41.4 Å². The summed E-state index contributed by atoms with van der Waals surface area (Å²) in [5.74, 6) is -1.51. The van der Waals surface area contributed by atoms with Crippen molar-refractivity contribution in [1.82, 2.24) is 37.2 Å². The highest BCUT2D eigenvalue weighted by atomic mass is 16.6. The molecule has 0 aliphatic heterocycles. The Morgan fingerprint density at radius 2 is 0.622 bits per heavy atom. The molecule has 7 amide bonds. The molecule has 0 aromatic carbocycles. The molecule has 0 aromatic rings. The van der Waals surface area contributed by atoms with Gasteiger partial charge in [-0.1, -0.05) is 0 Å². The minimum absolute atomic E-state index is 0.00884. The summed E-state index contributed by atoms with van der Waals surface area (Å²) >= 11 is 0. The van der Waals surface area contributed by atoms with Crippen molar-refractivity contribution < 1.29 is 80.9 Å². The third-order valence-electron chi connectivity index (χ3n) is 11.4. The Morgan fingerprint density at radius 1 is 0.317 bits per heavy atom. The Bertz CT molecular complexity index is 1590. The van der Waals surface area contributed by atoms with Gasteiger partial charge in [-0.25, -0.2) is 0 Å². The maximum Gasteiger partial charge on any atom is 0.246 e. The van der Waals surface area contributed by atoms with Crippen LogP contribution in [0.3, 0.4) is 0 Å². The molecular weight excluding hydrogens is 1070 g/mol. The summed E-state index contributed by atoms with van der Waals surface area (Å²) in [7, 11) is 0. The number of amides is 7. The van der Waals surface area contributed by atoms with Crippen molar-refractivity contribution in [2.45, 2.75) is 188 Å². The number of hydrogen-bond donors (Lipinski definition) is 7. The van der Waals surface area contributed by atoms with Crippen LogP contribution >= 0.6 is 0 Å². The van der Waals surface area contributed by atoms with Gasteiger partial charge in [-0.3, -0.25) is 33.6 Å². The van der Waals surface area contributed by atoms with Crippen LogP contribution in [0.15, 0.2) is 0 Å². The average Bonchev–Trinajstić information content (AvgIpc) is 3.47. The Morgan fingerprint density at radius 3 is 0.963 bits per heavy atom. The molecule has 0 aliphatic carbocycles. The Hall–Kier alpha value is -4.11. The van der Waals surface area contributed by atoms with E-state index in [1.54, 1.807) is 0 Å². The van der Waals surface area contributed by atoms with E-state index in [0.29, 0.717) is 130 Å². The van der Waals surface area contributed by atoms with E-state index in [9.17, 15) is 33.6 Å². The molecule has 0 fully saturated rings. The van der Waals surface area contributed by atoms with Crippen LogP contribution in [0.4, 0.5) is 0 Å². The first kappa shape index (κ1) is 77.9. The van der Waals surface area contributed by atoms with E-state index in [1.165, 1.54) is 0 Å².